The van der Waals surface area contributed by atoms with Gasteiger partial charge in [0.2, 0.25) is 0 Å². The standard InChI is InChI=1S/C14H30.Na.H2O4S.H/c1-4-7-8-9-10-11-12-13-14(5-2)6-3;;1-5(2,3)4;/h14H,4-13H2,1-3H3;;(H2,1,2,3,4);. The SMILES string of the molecule is CCCCCCCCCC(CC)CC.O=S(=O)(O)O.[NaH]. The summed E-state index contributed by atoms with van der Waals surface area (Å²) in [6.45, 7) is 6.94. The number of hydrogen-bond acceptors (Lipinski definition) is 2. The molecule has 0 aliphatic carbocycles. The number of unbranched alkanes of at least 4 members (excludes halogenated alkanes) is 6. The Hall–Kier alpha value is 0.870. The van der Waals surface area contributed by atoms with Gasteiger partial charge in [0, 0.05) is 0 Å². The maximum atomic E-state index is 8.74. The van der Waals surface area contributed by atoms with E-state index in [1.54, 1.807) is 0 Å². The molecule has 20 heavy (non-hydrogen) atoms. The molecule has 0 fully saturated rings. The first-order valence-corrected chi connectivity index (χ1v) is 8.94. The van der Waals surface area contributed by atoms with Crippen LogP contribution in [0.2, 0.25) is 0 Å². The summed E-state index contributed by atoms with van der Waals surface area (Å²) in [5, 5.41) is 0. The van der Waals surface area contributed by atoms with Gasteiger partial charge < -0.3 is 0 Å². The Bertz CT molecular complexity index is 256. The van der Waals surface area contributed by atoms with E-state index in [0.29, 0.717) is 0 Å². The summed E-state index contributed by atoms with van der Waals surface area (Å²) in [7, 11) is -4.67. The van der Waals surface area contributed by atoms with Crippen molar-refractivity contribution in [3.8, 4) is 0 Å². The van der Waals surface area contributed by atoms with Crippen LogP contribution in [0, 0.1) is 5.92 Å². The molecule has 0 bridgehead atoms. The van der Waals surface area contributed by atoms with Crippen molar-refractivity contribution in [2.45, 2.75) is 85.0 Å². The molecular weight excluding hydrogens is 287 g/mol. The molecule has 0 spiro atoms. The second kappa shape index (κ2) is 17.9. The Morgan fingerprint density at radius 2 is 1.15 bits per heavy atom. The van der Waals surface area contributed by atoms with Gasteiger partial charge in [-0.25, -0.2) is 0 Å². The molecule has 4 nitrogen and oxygen atoms in total. The third kappa shape index (κ3) is 31.3. The van der Waals surface area contributed by atoms with Crippen molar-refractivity contribution in [3.63, 3.8) is 0 Å². The number of rotatable bonds is 10. The summed E-state index contributed by atoms with van der Waals surface area (Å²) < 4.78 is 31.6. The van der Waals surface area contributed by atoms with E-state index in [0.717, 1.165) is 5.92 Å². The fraction of sp³-hybridized carbons (Fsp3) is 1.00. The Balaban J connectivity index is -0.000000414. The van der Waals surface area contributed by atoms with Crippen LogP contribution in [0.5, 0.6) is 0 Å². The molecule has 0 unspecified atom stereocenters. The third-order valence-corrected chi connectivity index (χ3v) is 3.37. The van der Waals surface area contributed by atoms with Crippen LogP contribution in [-0.4, -0.2) is 47.1 Å². The van der Waals surface area contributed by atoms with E-state index in [1.807, 2.05) is 0 Å². The van der Waals surface area contributed by atoms with Crippen LogP contribution in [0.25, 0.3) is 0 Å². The van der Waals surface area contributed by atoms with Crippen molar-refractivity contribution < 1.29 is 17.5 Å². The quantitative estimate of drug-likeness (QED) is 0.358. The number of hydrogen-bond donors (Lipinski definition) is 2. The van der Waals surface area contributed by atoms with Gasteiger partial charge in [0.05, 0.1) is 0 Å². The summed E-state index contributed by atoms with van der Waals surface area (Å²) in [5.74, 6) is 1.01. The van der Waals surface area contributed by atoms with Crippen LogP contribution in [0.1, 0.15) is 85.0 Å². The molecule has 0 radical (unpaired) electrons. The molecular formula is C14H33NaO4S. The van der Waals surface area contributed by atoms with Gasteiger partial charge in [-0.1, -0.05) is 85.0 Å². The van der Waals surface area contributed by atoms with Crippen LogP contribution in [0.4, 0.5) is 0 Å². The fourth-order valence-electron chi connectivity index (χ4n) is 2.09. The summed E-state index contributed by atoms with van der Waals surface area (Å²) in [4.78, 5) is 0. The summed E-state index contributed by atoms with van der Waals surface area (Å²) in [6.07, 6.45) is 14.4. The second-order valence-corrected chi connectivity index (χ2v) is 5.94. The molecule has 0 aliphatic rings. The normalized spacial score (nSPS) is 10.7. The average molecular weight is 320 g/mol. The molecule has 0 heterocycles. The minimum atomic E-state index is -4.67. The van der Waals surface area contributed by atoms with Crippen molar-refractivity contribution in [3.05, 3.63) is 0 Å². The van der Waals surface area contributed by atoms with Crippen LogP contribution in [0.15, 0.2) is 0 Å². The summed E-state index contributed by atoms with van der Waals surface area (Å²) >= 11 is 0. The van der Waals surface area contributed by atoms with Gasteiger partial charge in [-0.3, -0.25) is 9.11 Å². The van der Waals surface area contributed by atoms with E-state index in [2.05, 4.69) is 20.8 Å². The van der Waals surface area contributed by atoms with Crippen molar-refractivity contribution >= 4 is 40.0 Å². The van der Waals surface area contributed by atoms with Crippen molar-refractivity contribution in [2.24, 2.45) is 5.92 Å². The van der Waals surface area contributed by atoms with Gasteiger partial charge in [-0.2, -0.15) is 8.42 Å². The first-order valence-electron chi connectivity index (χ1n) is 7.54. The molecule has 0 aromatic heterocycles. The first kappa shape index (κ1) is 25.8. The average Bonchev–Trinajstić information content (AvgIpc) is 2.31. The molecule has 0 atom stereocenters. The molecule has 0 saturated heterocycles. The predicted octanol–water partition coefficient (Wildman–Crippen LogP) is 4.26. The second-order valence-electron chi connectivity index (χ2n) is 5.04. The van der Waals surface area contributed by atoms with Gasteiger partial charge in [-0.15, -0.1) is 0 Å². The first-order chi connectivity index (χ1) is 8.85. The molecule has 0 aromatic carbocycles. The maximum absolute atomic E-state index is 8.74. The van der Waals surface area contributed by atoms with Crippen LogP contribution in [-0.2, 0) is 10.4 Å². The Labute approximate surface area is 148 Å². The Morgan fingerprint density at radius 3 is 1.50 bits per heavy atom. The molecule has 0 amide bonds. The molecule has 2 N–H and O–H groups in total. The zero-order valence-corrected chi connectivity index (χ0v) is 13.6. The van der Waals surface area contributed by atoms with Crippen molar-refractivity contribution in [1.82, 2.24) is 0 Å². The zero-order chi connectivity index (χ0) is 15.1. The molecule has 120 valence electrons. The molecule has 0 saturated carbocycles. The minimum absolute atomic E-state index is 0. The fourth-order valence-corrected chi connectivity index (χ4v) is 2.09. The van der Waals surface area contributed by atoms with Crippen LogP contribution < -0.4 is 0 Å². The molecule has 6 heteroatoms. The van der Waals surface area contributed by atoms with Gasteiger partial charge in [0.1, 0.15) is 0 Å². The van der Waals surface area contributed by atoms with E-state index >= 15 is 0 Å². The van der Waals surface area contributed by atoms with Crippen molar-refractivity contribution in [2.75, 3.05) is 0 Å². The van der Waals surface area contributed by atoms with Gasteiger partial charge in [-0.05, 0) is 5.92 Å². The van der Waals surface area contributed by atoms with Crippen molar-refractivity contribution in [1.29, 1.82) is 0 Å². The van der Waals surface area contributed by atoms with E-state index in [1.165, 1.54) is 64.2 Å². The Kier molecular flexibility index (Phi) is 23.1. The molecule has 0 aromatic rings. The predicted molar refractivity (Wildman–Crippen MR) is 88.0 cm³/mol. The van der Waals surface area contributed by atoms with Gasteiger partial charge >= 0.3 is 40.0 Å². The van der Waals surface area contributed by atoms with Gasteiger partial charge in [0.15, 0.2) is 0 Å². The third-order valence-electron chi connectivity index (χ3n) is 3.37. The van der Waals surface area contributed by atoms with Gasteiger partial charge in [0.25, 0.3) is 0 Å². The van der Waals surface area contributed by atoms with E-state index in [-0.39, 0.29) is 29.6 Å². The zero-order valence-electron chi connectivity index (χ0n) is 12.8. The van der Waals surface area contributed by atoms with E-state index < -0.39 is 10.4 Å². The van der Waals surface area contributed by atoms with E-state index in [4.69, 9.17) is 17.5 Å². The summed E-state index contributed by atoms with van der Waals surface area (Å²) in [6, 6.07) is 0. The molecule has 0 rings (SSSR count). The van der Waals surface area contributed by atoms with E-state index in [9.17, 15) is 0 Å². The Morgan fingerprint density at radius 1 is 0.800 bits per heavy atom. The monoisotopic (exact) mass is 320 g/mol. The molecule has 0 aliphatic heterocycles. The van der Waals surface area contributed by atoms with Crippen LogP contribution >= 0.6 is 0 Å². The summed E-state index contributed by atoms with van der Waals surface area (Å²) in [5.41, 5.74) is 0. The topological polar surface area (TPSA) is 74.6 Å². The van der Waals surface area contributed by atoms with Crippen LogP contribution in [0.3, 0.4) is 0 Å².